The number of carbonyl (C=O) groups excluding carboxylic acids is 2. The molecule has 3 rings (SSSR count). The molecule has 12 heteroatoms. The van der Waals surface area contributed by atoms with Gasteiger partial charge in [0.05, 0.1) is 42.7 Å². The van der Waals surface area contributed by atoms with E-state index in [1.807, 2.05) is 0 Å². The van der Waals surface area contributed by atoms with Gasteiger partial charge in [-0.3, -0.25) is 9.78 Å². The number of hydrogen-bond donors (Lipinski definition) is 0. The minimum absolute atomic E-state index is 0.0744. The molecule has 1 aliphatic carbocycles. The van der Waals surface area contributed by atoms with Crippen molar-refractivity contribution >= 4 is 11.9 Å². The molecule has 0 spiro atoms. The van der Waals surface area contributed by atoms with Gasteiger partial charge in [0.1, 0.15) is 34.8 Å². The topological polar surface area (TPSA) is 126 Å². The van der Waals surface area contributed by atoms with E-state index in [2.05, 4.69) is 0 Å². The molecule has 2 aromatic carbocycles. The Morgan fingerprint density at radius 3 is 1.16 bits per heavy atom. The number of benzene rings is 2. The molecule has 1 saturated carbocycles. The smallest absolute Gasteiger partial charge is 0.376 e. The van der Waals surface area contributed by atoms with Crippen LogP contribution in [0.1, 0.15) is 46.4 Å². The van der Waals surface area contributed by atoms with Crippen molar-refractivity contribution in [2.24, 2.45) is 0 Å². The predicted molar refractivity (Wildman–Crippen MR) is 131 cm³/mol. The molecule has 208 valence electrons. The number of ether oxygens (including phenoxy) is 6. The molecule has 0 heterocycles. The highest BCUT2D eigenvalue weighted by atomic mass is 17.2. The van der Waals surface area contributed by atoms with Gasteiger partial charge in [0.15, 0.2) is 23.0 Å². The van der Waals surface area contributed by atoms with Gasteiger partial charge in [0, 0.05) is 24.3 Å². The van der Waals surface area contributed by atoms with Gasteiger partial charge < -0.3 is 28.4 Å². The third kappa shape index (κ3) is 6.50. The summed E-state index contributed by atoms with van der Waals surface area (Å²) in [6.45, 7) is 0. The maximum atomic E-state index is 12.8. The van der Waals surface area contributed by atoms with Crippen molar-refractivity contribution in [2.75, 3.05) is 42.7 Å². The fourth-order valence-electron chi connectivity index (χ4n) is 3.96. The molecule has 0 aromatic heterocycles. The lowest BCUT2D eigenvalue weighted by atomic mass is 9.95. The Morgan fingerprint density at radius 2 is 0.842 bits per heavy atom. The lowest BCUT2D eigenvalue weighted by Gasteiger charge is -2.28. The van der Waals surface area contributed by atoms with Crippen molar-refractivity contribution in [3.63, 3.8) is 0 Å². The van der Waals surface area contributed by atoms with Gasteiger partial charge in [-0.15, -0.1) is 0 Å². The van der Waals surface area contributed by atoms with Crippen molar-refractivity contribution in [2.45, 2.75) is 37.9 Å². The van der Waals surface area contributed by atoms with E-state index in [4.69, 9.17) is 48.0 Å². The molecule has 0 bridgehead atoms. The van der Waals surface area contributed by atoms with E-state index in [0.717, 1.165) is 12.8 Å². The highest BCUT2D eigenvalue weighted by molar-refractivity contribution is 5.93. The van der Waals surface area contributed by atoms with E-state index in [1.54, 1.807) is 0 Å². The van der Waals surface area contributed by atoms with E-state index >= 15 is 0 Å². The van der Waals surface area contributed by atoms with Crippen molar-refractivity contribution in [1.29, 1.82) is 0 Å². The lowest BCUT2D eigenvalue weighted by Crippen LogP contribution is -2.36. The molecule has 0 N–H and O–H groups in total. The Labute approximate surface area is 220 Å². The summed E-state index contributed by atoms with van der Waals surface area (Å²) in [4.78, 5) is 46.7. The summed E-state index contributed by atoms with van der Waals surface area (Å²) in [5, 5.41) is 0. The first-order chi connectivity index (χ1) is 18.4. The molecule has 0 amide bonds. The zero-order valence-electron chi connectivity index (χ0n) is 22.2. The molecule has 12 nitrogen and oxygen atoms in total. The molecular formula is C26H32O12. The average molecular weight is 537 g/mol. The van der Waals surface area contributed by atoms with Crippen LogP contribution in [0, 0.1) is 0 Å². The molecule has 38 heavy (non-hydrogen) atoms. The Balaban J connectivity index is 1.67. The summed E-state index contributed by atoms with van der Waals surface area (Å²) in [7, 11) is 8.64. The lowest BCUT2D eigenvalue weighted by molar-refractivity contribution is -0.352. The highest BCUT2D eigenvalue weighted by Crippen LogP contribution is 2.36. The Bertz CT molecular complexity index is 1030. The predicted octanol–water partition coefficient (Wildman–Crippen LogP) is 3.93. The van der Waals surface area contributed by atoms with E-state index in [-0.39, 0.29) is 22.6 Å². The van der Waals surface area contributed by atoms with E-state index < -0.39 is 24.1 Å². The second-order valence-electron chi connectivity index (χ2n) is 8.11. The Kier molecular flexibility index (Phi) is 10.3. The van der Waals surface area contributed by atoms with Gasteiger partial charge in [0.2, 0.25) is 0 Å². The number of carbonyl (C=O) groups is 2. The average Bonchev–Trinajstić information content (AvgIpc) is 2.97. The molecule has 2 aromatic rings. The summed E-state index contributed by atoms with van der Waals surface area (Å²) < 4.78 is 31.5. The van der Waals surface area contributed by atoms with Gasteiger partial charge in [-0.25, -0.2) is 9.59 Å². The van der Waals surface area contributed by atoms with Crippen LogP contribution in [-0.2, 0) is 19.6 Å². The Hall–Kier alpha value is -3.90. The van der Waals surface area contributed by atoms with E-state index in [0.29, 0.717) is 35.8 Å². The van der Waals surface area contributed by atoms with Crippen molar-refractivity contribution in [3.8, 4) is 34.5 Å². The molecule has 0 radical (unpaired) electrons. The highest BCUT2D eigenvalue weighted by Gasteiger charge is 2.32. The van der Waals surface area contributed by atoms with Gasteiger partial charge in [-0.05, 0) is 12.8 Å². The van der Waals surface area contributed by atoms with Crippen LogP contribution in [0.3, 0.4) is 0 Å². The van der Waals surface area contributed by atoms with Crippen LogP contribution < -0.4 is 28.4 Å². The summed E-state index contributed by atoms with van der Waals surface area (Å²) in [6.07, 6.45) is 1.27. The SMILES string of the molecule is COc1cc(OC)c(C(=O)OOC2CCCCC2OOC(=O)c2cc(OC)c(OC)cc2OC)cc1OC. The third-order valence-electron chi connectivity index (χ3n) is 5.99. The first-order valence-electron chi connectivity index (χ1n) is 11.8. The van der Waals surface area contributed by atoms with Crippen molar-refractivity contribution in [3.05, 3.63) is 35.4 Å². The fraction of sp³-hybridized carbons (Fsp3) is 0.462. The van der Waals surface area contributed by atoms with Crippen LogP contribution in [0.2, 0.25) is 0 Å². The summed E-state index contributed by atoms with van der Waals surface area (Å²) in [6, 6.07) is 5.86. The van der Waals surface area contributed by atoms with Gasteiger partial charge >= 0.3 is 11.9 Å². The zero-order chi connectivity index (χ0) is 27.7. The van der Waals surface area contributed by atoms with Crippen LogP contribution >= 0.6 is 0 Å². The molecule has 0 aliphatic heterocycles. The molecule has 1 fully saturated rings. The molecular weight excluding hydrogens is 504 g/mol. The minimum atomic E-state index is -0.806. The quantitative estimate of drug-likeness (QED) is 0.288. The van der Waals surface area contributed by atoms with E-state index in [9.17, 15) is 9.59 Å². The van der Waals surface area contributed by atoms with Crippen LogP contribution in [0.5, 0.6) is 34.5 Å². The first-order valence-corrected chi connectivity index (χ1v) is 11.8. The second kappa shape index (κ2) is 13.6. The van der Waals surface area contributed by atoms with Crippen molar-refractivity contribution in [1.82, 2.24) is 0 Å². The Morgan fingerprint density at radius 1 is 0.526 bits per heavy atom. The van der Waals surface area contributed by atoms with Gasteiger partial charge in [-0.2, -0.15) is 9.78 Å². The maximum absolute atomic E-state index is 12.8. The van der Waals surface area contributed by atoms with E-state index in [1.165, 1.54) is 66.9 Å². The fourth-order valence-corrected chi connectivity index (χ4v) is 3.96. The number of rotatable bonds is 12. The third-order valence-corrected chi connectivity index (χ3v) is 5.99. The van der Waals surface area contributed by atoms with Gasteiger partial charge in [-0.1, -0.05) is 12.8 Å². The number of hydrogen-bond acceptors (Lipinski definition) is 12. The minimum Gasteiger partial charge on any atom is -0.496 e. The van der Waals surface area contributed by atoms with Crippen LogP contribution in [0.4, 0.5) is 0 Å². The summed E-state index contributed by atoms with van der Waals surface area (Å²) in [5.74, 6) is 0.216. The monoisotopic (exact) mass is 536 g/mol. The standard InChI is InChI=1S/C26H32O12/c1-29-19-13-23(33-5)21(31-3)11-15(19)25(27)37-35-17-9-7-8-10-18(17)36-38-26(28)16-12-22(32-4)24(34-6)14-20(16)30-2/h11-14,17-18H,7-10H2,1-6H3. The second-order valence-corrected chi connectivity index (χ2v) is 8.11. The van der Waals surface area contributed by atoms with Gasteiger partial charge in [0.25, 0.3) is 0 Å². The molecule has 0 saturated heterocycles. The first kappa shape index (κ1) is 28.7. The zero-order valence-corrected chi connectivity index (χ0v) is 22.2. The van der Waals surface area contributed by atoms with Crippen LogP contribution in [0.15, 0.2) is 24.3 Å². The summed E-state index contributed by atoms with van der Waals surface area (Å²) >= 11 is 0. The van der Waals surface area contributed by atoms with Crippen LogP contribution in [0.25, 0.3) is 0 Å². The van der Waals surface area contributed by atoms with Crippen LogP contribution in [-0.4, -0.2) is 66.8 Å². The summed E-state index contributed by atoms with van der Waals surface area (Å²) in [5.41, 5.74) is 0.149. The maximum Gasteiger partial charge on any atom is 0.376 e. The number of methoxy groups -OCH3 is 6. The molecule has 1 aliphatic rings. The largest absolute Gasteiger partial charge is 0.496 e. The molecule has 2 unspecified atom stereocenters. The molecule has 2 atom stereocenters. The van der Waals surface area contributed by atoms with Crippen molar-refractivity contribution < 1.29 is 57.6 Å². The normalized spacial score (nSPS) is 16.7.